The zero-order valence-corrected chi connectivity index (χ0v) is 11.2. The number of benzene rings is 2. The molecule has 0 heterocycles. The van der Waals surface area contributed by atoms with Crippen molar-refractivity contribution in [2.45, 2.75) is 6.54 Å². The molecule has 0 aliphatic carbocycles. The number of rotatable bonds is 3. The molecule has 98 valence electrons. The smallest absolute Gasteiger partial charge is 0.253 e. The van der Waals surface area contributed by atoms with Gasteiger partial charge in [-0.1, -0.05) is 23.7 Å². The Morgan fingerprint density at radius 3 is 2.53 bits per heavy atom. The van der Waals surface area contributed by atoms with Crippen LogP contribution in [-0.4, -0.2) is 17.9 Å². The van der Waals surface area contributed by atoms with Crippen molar-refractivity contribution >= 4 is 17.5 Å². The lowest BCUT2D eigenvalue weighted by atomic mass is 10.1. The normalized spacial score (nSPS) is 10.3. The Bertz CT molecular complexity index is 583. The summed E-state index contributed by atoms with van der Waals surface area (Å²) in [5.41, 5.74) is 1.41. The van der Waals surface area contributed by atoms with E-state index in [4.69, 9.17) is 11.6 Å². The summed E-state index contributed by atoms with van der Waals surface area (Å²) in [6, 6.07) is 12.9. The molecule has 0 saturated heterocycles. The molecule has 0 spiro atoms. The third-order valence-electron chi connectivity index (χ3n) is 2.75. The number of carbonyl (C=O) groups excluding carboxylic acids is 1. The maximum Gasteiger partial charge on any atom is 0.253 e. The molecule has 19 heavy (non-hydrogen) atoms. The Morgan fingerprint density at radius 1 is 1.21 bits per heavy atom. The molecule has 2 aromatic carbocycles. The quantitative estimate of drug-likeness (QED) is 0.837. The molecule has 0 unspecified atom stereocenters. The van der Waals surface area contributed by atoms with Gasteiger partial charge >= 0.3 is 0 Å². The fourth-order valence-corrected chi connectivity index (χ4v) is 2.01. The Kier molecular flexibility index (Phi) is 4.17. The van der Waals surface area contributed by atoms with Crippen LogP contribution < -0.4 is 0 Å². The molecule has 0 radical (unpaired) electrons. The van der Waals surface area contributed by atoms with E-state index in [1.165, 1.54) is 24.3 Å². The van der Waals surface area contributed by atoms with E-state index in [-0.39, 0.29) is 11.7 Å². The predicted octanol–water partition coefficient (Wildman–Crippen LogP) is 3.75. The number of hydrogen-bond donors (Lipinski definition) is 0. The summed E-state index contributed by atoms with van der Waals surface area (Å²) in [6.07, 6.45) is 0. The summed E-state index contributed by atoms with van der Waals surface area (Å²) >= 11 is 5.90. The van der Waals surface area contributed by atoms with Gasteiger partial charge in [-0.15, -0.1) is 0 Å². The largest absolute Gasteiger partial charge is 0.337 e. The number of hydrogen-bond acceptors (Lipinski definition) is 1. The predicted molar refractivity (Wildman–Crippen MR) is 73.6 cm³/mol. The van der Waals surface area contributed by atoms with Crippen molar-refractivity contribution in [2.24, 2.45) is 0 Å². The van der Waals surface area contributed by atoms with Crippen molar-refractivity contribution < 1.29 is 9.18 Å². The first kappa shape index (κ1) is 13.6. The highest BCUT2D eigenvalue weighted by Gasteiger charge is 2.12. The Hall–Kier alpha value is -1.87. The van der Waals surface area contributed by atoms with E-state index in [9.17, 15) is 9.18 Å². The van der Waals surface area contributed by atoms with Gasteiger partial charge in [-0.3, -0.25) is 4.79 Å². The van der Waals surface area contributed by atoms with E-state index in [0.29, 0.717) is 17.1 Å². The molecule has 0 fully saturated rings. The average molecular weight is 278 g/mol. The minimum atomic E-state index is -0.353. The van der Waals surface area contributed by atoms with Gasteiger partial charge < -0.3 is 4.90 Å². The highest BCUT2D eigenvalue weighted by atomic mass is 35.5. The van der Waals surface area contributed by atoms with Gasteiger partial charge in [-0.05, 0) is 42.0 Å². The van der Waals surface area contributed by atoms with Crippen molar-refractivity contribution in [1.82, 2.24) is 4.90 Å². The number of carbonyl (C=O) groups is 1. The summed E-state index contributed by atoms with van der Waals surface area (Å²) in [6.45, 7) is 0.455. The van der Waals surface area contributed by atoms with E-state index in [1.54, 1.807) is 18.0 Å². The SMILES string of the molecule is CN(Cc1cccc(Cl)c1)C(=O)c1ccc(F)cc1. The van der Waals surface area contributed by atoms with Crippen LogP contribution in [0.3, 0.4) is 0 Å². The molecule has 0 atom stereocenters. The lowest BCUT2D eigenvalue weighted by Crippen LogP contribution is -2.26. The maximum absolute atomic E-state index is 12.8. The molecule has 4 heteroatoms. The lowest BCUT2D eigenvalue weighted by Gasteiger charge is -2.17. The Balaban J connectivity index is 2.09. The van der Waals surface area contributed by atoms with E-state index >= 15 is 0 Å². The van der Waals surface area contributed by atoms with Gasteiger partial charge in [-0.2, -0.15) is 0 Å². The summed E-state index contributed by atoms with van der Waals surface area (Å²) in [7, 11) is 1.70. The number of halogens is 2. The molecule has 0 aromatic heterocycles. The summed E-state index contributed by atoms with van der Waals surface area (Å²) in [5.74, 6) is -0.506. The molecule has 2 nitrogen and oxygen atoms in total. The standard InChI is InChI=1S/C15H13ClFNO/c1-18(10-11-3-2-4-13(16)9-11)15(19)12-5-7-14(17)8-6-12/h2-9H,10H2,1H3. The summed E-state index contributed by atoms with van der Waals surface area (Å²) in [4.78, 5) is 13.7. The second kappa shape index (κ2) is 5.85. The van der Waals surface area contributed by atoms with Crippen molar-refractivity contribution in [3.63, 3.8) is 0 Å². The minimum Gasteiger partial charge on any atom is -0.337 e. The van der Waals surface area contributed by atoms with Crippen molar-refractivity contribution in [3.05, 3.63) is 70.5 Å². The van der Waals surface area contributed by atoms with Crippen LogP contribution in [0.1, 0.15) is 15.9 Å². The molecule has 0 aliphatic rings. The highest BCUT2D eigenvalue weighted by molar-refractivity contribution is 6.30. The van der Waals surface area contributed by atoms with Crippen LogP contribution in [-0.2, 0) is 6.54 Å². The molecule has 0 saturated carbocycles. The topological polar surface area (TPSA) is 20.3 Å². The number of amides is 1. The van der Waals surface area contributed by atoms with Crippen molar-refractivity contribution in [2.75, 3.05) is 7.05 Å². The first-order valence-corrected chi connectivity index (χ1v) is 6.19. The Morgan fingerprint density at radius 2 is 1.89 bits per heavy atom. The summed E-state index contributed by atoms with van der Waals surface area (Å²) < 4.78 is 12.8. The van der Waals surface area contributed by atoms with Crippen LogP contribution in [0.2, 0.25) is 5.02 Å². The second-order valence-corrected chi connectivity index (χ2v) is 4.73. The van der Waals surface area contributed by atoms with Gasteiger partial charge in [0.05, 0.1) is 0 Å². The molecule has 0 N–H and O–H groups in total. The van der Waals surface area contributed by atoms with Gasteiger partial charge in [-0.25, -0.2) is 4.39 Å². The molecule has 2 rings (SSSR count). The molecule has 1 amide bonds. The van der Waals surface area contributed by atoms with E-state index in [1.807, 2.05) is 18.2 Å². The molecular formula is C15H13ClFNO. The first-order valence-electron chi connectivity index (χ1n) is 5.82. The van der Waals surface area contributed by atoms with Crippen LogP contribution in [0.4, 0.5) is 4.39 Å². The van der Waals surface area contributed by atoms with Crippen molar-refractivity contribution in [3.8, 4) is 0 Å². The van der Waals surface area contributed by atoms with Crippen molar-refractivity contribution in [1.29, 1.82) is 0 Å². The van der Waals surface area contributed by atoms with Gasteiger partial charge in [0.15, 0.2) is 0 Å². The monoisotopic (exact) mass is 277 g/mol. The molecule has 0 bridgehead atoms. The highest BCUT2D eigenvalue weighted by Crippen LogP contribution is 2.13. The van der Waals surface area contributed by atoms with Crippen LogP contribution in [0, 0.1) is 5.82 Å². The average Bonchev–Trinajstić information content (AvgIpc) is 2.39. The molecular weight excluding hydrogens is 265 g/mol. The van der Waals surface area contributed by atoms with E-state index in [2.05, 4.69) is 0 Å². The van der Waals surface area contributed by atoms with E-state index < -0.39 is 0 Å². The molecule has 0 aliphatic heterocycles. The first-order chi connectivity index (χ1) is 9.06. The van der Waals surface area contributed by atoms with E-state index in [0.717, 1.165) is 5.56 Å². The fourth-order valence-electron chi connectivity index (χ4n) is 1.79. The van der Waals surface area contributed by atoms with Gasteiger partial charge in [0.1, 0.15) is 5.82 Å². The minimum absolute atomic E-state index is 0.153. The van der Waals surface area contributed by atoms with Crippen LogP contribution in [0.25, 0.3) is 0 Å². The van der Waals surface area contributed by atoms with Crippen LogP contribution >= 0.6 is 11.6 Å². The Labute approximate surface area is 116 Å². The zero-order valence-electron chi connectivity index (χ0n) is 10.4. The molecule has 2 aromatic rings. The fraction of sp³-hybridized carbons (Fsp3) is 0.133. The number of nitrogens with zero attached hydrogens (tertiary/aromatic N) is 1. The van der Waals surface area contributed by atoms with Crippen LogP contribution in [0.15, 0.2) is 48.5 Å². The third-order valence-corrected chi connectivity index (χ3v) is 2.98. The third kappa shape index (κ3) is 3.55. The summed E-state index contributed by atoms with van der Waals surface area (Å²) in [5, 5.41) is 0.639. The van der Waals surface area contributed by atoms with Gasteiger partial charge in [0.2, 0.25) is 0 Å². The van der Waals surface area contributed by atoms with Gasteiger partial charge in [0, 0.05) is 24.2 Å². The van der Waals surface area contributed by atoms with Gasteiger partial charge in [0.25, 0.3) is 5.91 Å². The maximum atomic E-state index is 12.8. The second-order valence-electron chi connectivity index (χ2n) is 4.30. The zero-order chi connectivity index (χ0) is 13.8. The van der Waals surface area contributed by atoms with Crippen LogP contribution in [0.5, 0.6) is 0 Å². The lowest BCUT2D eigenvalue weighted by molar-refractivity contribution is 0.0785.